The van der Waals surface area contributed by atoms with Gasteiger partial charge in [0.2, 0.25) is 5.91 Å². The van der Waals surface area contributed by atoms with Crippen LogP contribution in [0, 0.1) is 19.8 Å². The minimum Gasteiger partial charge on any atom is -0.356 e. The number of anilines is 1. The van der Waals surface area contributed by atoms with E-state index in [1.807, 2.05) is 19.9 Å². The van der Waals surface area contributed by atoms with E-state index in [9.17, 15) is 4.79 Å². The molecule has 0 bridgehead atoms. The Kier molecular flexibility index (Phi) is 5.46. The maximum absolute atomic E-state index is 13.0. The summed E-state index contributed by atoms with van der Waals surface area (Å²) in [6.07, 6.45) is 11.4. The summed E-state index contributed by atoms with van der Waals surface area (Å²) in [5.74, 6) is 2.71. The quantitative estimate of drug-likeness (QED) is 0.745. The van der Waals surface area contributed by atoms with Crippen LogP contribution in [-0.4, -0.2) is 46.5 Å². The molecule has 1 amide bonds. The van der Waals surface area contributed by atoms with Gasteiger partial charge in [-0.3, -0.25) is 4.79 Å². The molecule has 4 rings (SSSR count). The number of hydrogen-bond donors (Lipinski definition) is 0. The van der Waals surface area contributed by atoms with Crippen molar-refractivity contribution in [2.45, 2.75) is 71.3 Å². The topological polar surface area (TPSA) is 49.3 Å². The van der Waals surface area contributed by atoms with E-state index in [0.29, 0.717) is 12.0 Å². The van der Waals surface area contributed by atoms with Gasteiger partial charge in [0, 0.05) is 43.5 Å². The molecule has 3 heterocycles. The average Bonchev–Trinajstić information content (AvgIpc) is 2.67. The van der Waals surface area contributed by atoms with Crippen LogP contribution < -0.4 is 4.90 Å². The van der Waals surface area contributed by atoms with Crippen LogP contribution in [0.25, 0.3) is 0 Å². The molecular formula is C22H32N4O. The SMILES string of the molecule is Cc1cc(N2CCC3C(CCCN3C(=O)C=C3CCCCC3)C2)nc(C)n1. The molecule has 146 valence electrons. The van der Waals surface area contributed by atoms with Crippen molar-refractivity contribution in [3.8, 4) is 0 Å². The van der Waals surface area contributed by atoms with Crippen molar-refractivity contribution in [2.24, 2.45) is 5.92 Å². The summed E-state index contributed by atoms with van der Waals surface area (Å²) in [6, 6.07) is 2.49. The van der Waals surface area contributed by atoms with E-state index >= 15 is 0 Å². The van der Waals surface area contributed by atoms with Gasteiger partial charge in [0.1, 0.15) is 11.6 Å². The molecule has 1 aromatic heterocycles. The van der Waals surface area contributed by atoms with E-state index in [2.05, 4.69) is 25.8 Å². The molecule has 0 spiro atoms. The van der Waals surface area contributed by atoms with Gasteiger partial charge in [-0.2, -0.15) is 0 Å². The fourth-order valence-corrected chi connectivity index (χ4v) is 5.15. The molecule has 3 fully saturated rings. The summed E-state index contributed by atoms with van der Waals surface area (Å²) in [5.41, 5.74) is 2.40. The molecule has 0 N–H and O–H groups in total. The molecule has 2 atom stereocenters. The van der Waals surface area contributed by atoms with E-state index in [1.54, 1.807) is 0 Å². The third kappa shape index (κ3) is 4.17. The molecule has 27 heavy (non-hydrogen) atoms. The zero-order valence-corrected chi connectivity index (χ0v) is 16.8. The summed E-state index contributed by atoms with van der Waals surface area (Å²) < 4.78 is 0. The van der Waals surface area contributed by atoms with E-state index in [0.717, 1.165) is 62.7 Å². The molecule has 5 heteroatoms. The van der Waals surface area contributed by atoms with Gasteiger partial charge in [-0.15, -0.1) is 0 Å². The molecule has 1 aliphatic carbocycles. The van der Waals surface area contributed by atoms with Crippen LogP contribution in [0.5, 0.6) is 0 Å². The highest BCUT2D eigenvalue weighted by molar-refractivity contribution is 5.88. The molecule has 1 aromatic rings. The Hall–Kier alpha value is -1.91. The monoisotopic (exact) mass is 368 g/mol. The van der Waals surface area contributed by atoms with Crippen LogP contribution in [0.4, 0.5) is 5.82 Å². The highest BCUT2D eigenvalue weighted by atomic mass is 16.2. The maximum atomic E-state index is 13.0. The number of likely N-dealkylation sites (tertiary alicyclic amines) is 1. The summed E-state index contributed by atoms with van der Waals surface area (Å²) in [5, 5.41) is 0. The van der Waals surface area contributed by atoms with Crippen molar-refractivity contribution < 1.29 is 4.79 Å². The highest BCUT2D eigenvalue weighted by Crippen LogP contribution is 2.33. The predicted molar refractivity (Wildman–Crippen MR) is 108 cm³/mol. The molecule has 1 saturated carbocycles. The van der Waals surface area contributed by atoms with Gasteiger partial charge >= 0.3 is 0 Å². The van der Waals surface area contributed by atoms with Crippen molar-refractivity contribution >= 4 is 11.7 Å². The van der Waals surface area contributed by atoms with Gasteiger partial charge in [0.15, 0.2) is 0 Å². The number of piperidine rings is 2. The second-order valence-corrected chi connectivity index (χ2v) is 8.51. The molecule has 2 unspecified atom stereocenters. The number of amides is 1. The summed E-state index contributed by atoms with van der Waals surface area (Å²) in [4.78, 5) is 26.6. The molecule has 2 aliphatic heterocycles. The van der Waals surface area contributed by atoms with Gasteiger partial charge in [0.05, 0.1) is 0 Å². The average molecular weight is 369 g/mol. The smallest absolute Gasteiger partial charge is 0.246 e. The molecule has 2 saturated heterocycles. The fraction of sp³-hybridized carbons (Fsp3) is 0.682. The van der Waals surface area contributed by atoms with E-state index in [1.165, 1.54) is 31.3 Å². The Morgan fingerprint density at radius 1 is 1.07 bits per heavy atom. The first kappa shape index (κ1) is 18.5. The third-order valence-electron chi connectivity index (χ3n) is 6.45. The van der Waals surface area contributed by atoms with Gasteiger partial charge in [-0.25, -0.2) is 9.97 Å². The van der Waals surface area contributed by atoms with Crippen molar-refractivity contribution in [2.75, 3.05) is 24.5 Å². The first-order chi connectivity index (χ1) is 13.1. The Labute approximate surface area is 162 Å². The van der Waals surface area contributed by atoms with Crippen molar-refractivity contribution in [3.63, 3.8) is 0 Å². The van der Waals surface area contributed by atoms with E-state index in [-0.39, 0.29) is 5.91 Å². The molecular weight excluding hydrogens is 336 g/mol. The first-order valence-corrected chi connectivity index (χ1v) is 10.7. The second-order valence-electron chi connectivity index (χ2n) is 8.51. The fourth-order valence-electron chi connectivity index (χ4n) is 5.15. The van der Waals surface area contributed by atoms with Gasteiger partial charge in [-0.05, 0) is 64.7 Å². The lowest BCUT2D eigenvalue weighted by Gasteiger charge is -2.47. The van der Waals surface area contributed by atoms with Crippen LogP contribution in [0.2, 0.25) is 0 Å². The number of rotatable bonds is 2. The number of hydrogen-bond acceptors (Lipinski definition) is 4. The summed E-state index contributed by atoms with van der Waals surface area (Å²) in [7, 11) is 0. The zero-order chi connectivity index (χ0) is 18.8. The Balaban J connectivity index is 1.45. The summed E-state index contributed by atoms with van der Waals surface area (Å²) >= 11 is 0. The van der Waals surface area contributed by atoms with Gasteiger partial charge in [-0.1, -0.05) is 12.0 Å². The second kappa shape index (κ2) is 7.99. The van der Waals surface area contributed by atoms with Crippen LogP contribution in [0.3, 0.4) is 0 Å². The maximum Gasteiger partial charge on any atom is 0.246 e. The number of aryl methyl sites for hydroxylation is 2. The molecule has 0 radical (unpaired) electrons. The van der Waals surface area contributed by atoms with E-state index in [4.69, 9.17) is 0 Å². The Morgan fingerprint density at radius 3 is 2.67 bits per heavy atom. The number of fused-ring (bicyclic) bond motifs is 1. The Bertz CT molecular complexity index is 701. The number of carbonyl (C=O) groups excluding carboxylic acids is 1. The van der Waals surface area contributed by atoms with Crippen molar-refractivity contribution in [1.82, 2.24) is 14.9 Å². The number of aromatic nitrogens is 2. The summed E-state index contributed by atoms with van der Waals surface area (Å²) in [6.45, 7) is 6.89. The molecule has 5 nitrogen and oxygen atoms in total. The normalized spacial score (nSPS) is 25.9. The standard InChI is InChI=1S/C22H32N4O/c1-16-13-21(24-17(2)23-16)25-12-10-20-19(15-25)9-6-11-26(20)22(27)14-18-7-4-3-5-8-18/h13-14,19-20H,3-12,15H2,1-2H3. The van der Waals surface area contributed by atoms with Gasteiger partial charge < -0.3 is 9.80 Å². The third-order valence-corrected chi connectivity index (χ3v) is 6.45. The number of allylic oxidation sites excluding steroid dienone is 1. The number of carbonyl (C=O) groups is 1. The lowest BCUT2D eigenvalue weighted by molar-refractivity contribution is -0.131. The Morgan fingerprint density at radius 2 is 1.89 bits per heavy atom. The first-order valence-electron chi connectivity index (χ1n) is 10.7. The van der Waals surface area contributed by atoms with Gasteiger partial charge in [0.25, 0.3) is 0 Å². The van der Waals surface area contributed by atoms with Crippen LogP contribution >= 0.6 is 0 Å². The predicted octanol–water partition coefficient (Wildman–Crippen LogP) is 3.80. The molecule has 3 aliphatic rings. The van der Waals surface area contributed by atoms with Crippen LogP contribution in [-0.2, 0) is 4.79 Å². The van der Waals surface area contributed by atoms with Crippen molar-refractivity contribution in [1.29, 1.82) is 0 Å². The van der Waals surface area contributed by atoms with Crippen LogP contribution in [0.15, 0.2) is 17.7 Å². The lowest BCUT2D eigenvalue weighted by Crippen LogP contribution is -2.55. The van der Waals surface area contributed by atoms with Crippen molar-refractivity contribution in [3.05, 3.63) is 29.2 Å². The highest BCUT2D eigenvalue weighted by Gasteiger charge is 2.38. The van der Waals surface area contributed by atoms with Crippen LogP contribution in [0.1, 0.15) is 62.9 Å². The minimum atomic E-state index is 0.267. The lowest BCUT2D eigenvalue weighted by atomic mass is 9.83. The molecule has 0 aromatic carbocycles. The zero-order valence-electron chi connectivity index (χ0n) is 16.8. The largest absolute Gasteiger partial charge is 0.356 e. The minimum absolute atomic E-state index is 0.267. The van der Waals surface area contributed by atoms with E-state index < -0.39 is 0 Å². The number of nitrogens with zero attached hydrogens (tertiary/aromatic N) is 4.